The Balaban J connectivity index is 2.30. The molecule has 2 heterocycles. The minimum absolute atomic E-state index is 0.0162. The van der Waals surface area contributed by atoms with Gasteiger partial charge in [0.2, 0.25) is 5.88 Å². The van der Waals surface area contributed by atoms with Gasteiger partial charge in [0.1, 0.15) is 6.61 Å². The lowest BCUT2D eigenvalue weighted by atomic mass is 9.80. The van der Waals surface area contributed by atoms with Gasteiger partial charge >= 0.3 is 0 Å². The number of hydrogen-bond donors (Lipinski definition) is 1. The number of aliphatic imine (C=N–C) groups is 1. The van der Waals surface area contributed by atoms with Crippen LogP contribution in [0.5, 0.6) is 0 Å². The zero-order valence-corrected chi connectivity index (χ0v) is 9.58. The van der Waals surface area contributed by atoms with E-state index in [1.165, 1.54) is 0 Å². The zero-order valence-electron chi connectivity index (χ0n) is 9.58. The fourth-order valence-electron chi connectivity index (χ4n) is 1.57. The molecule has 0 saturated carbocycles. The van der Waals surface area contributed by atoms with E-state index >= 15 is 0 Å². The Morgan fingerprint density at radius 1 is 1.53 bits per heavy atom. The van der Waals surface area contributed by atoms with Crippen molar-refractivity contribution in [1.29, 1.82) is 0 Å². The normalized spacial score (nSPS) is 29.6. The quantitative estimate of drug-likeness (QED) is 0.712. The molecule has 3 heteroatoms. The molecular weight excluding hydrogens is 188 g/mol. The zero-order chi connectivity index (χ0) is 10.9. The van der Waals surface area contributed by atoms with E-state index in [9.17, 15) is 0 Å². The SMILES string of the molecule is CC(C)C1(C)C=CC2=C(N=C1)OCCN2. The summed E-state index contributed by atoms with van der Waals surface area (Å²) in [5, 5.41) is 3.29. The largest absolute Gasteiger partial charge is 0.474 e. The summed E-state index contributed by atoms with van der Waals surface area (Å²) < 4.78 is 5.50. The molecule has 15 heavy (non-hydrogen) atoms. The van der Waals surface area contributed by atoms with E-state index in [0.717, 1.165) is 18.1 Å². The Labute approximate surface area is 90.9 Å². The number of rotatable bonds is 1. The highest BCUT2D eigenvalue weighted by atomic mass is 16.5. The van der Waals surface area contributed by atoms with Gasteiger partial charge in [-0.3, -0.25) is 0 Å². The summed E-state index contributed by atoms with van der Waals surface area (Å²) in [7, 11) is 0. The van der Waals surface area contributed by atoms with E-state index < -0.39 is 0 Å². The number of hydrogen-bond acceptors (Lipinski definition) is 3. The van der Waals surface area contributed by atoms with Crippen LogP contribution in [0.15, 0.2) is 28.7 Å². The molecule has 0 fully saturated rings. The van der Waals surface area contributed by atoms with Gasteiger partial charge in [-0.15, -0.1) is 0 Å². The molecule has 0 amide bonds. The molecule has 1 N–H and O–H groups in total. The fourth-order valence-corrected chi connectivity index (χ4v) is 1.57. The average Bonchev–Trinajstić information content (AvgIpc) is 2.40. The molecule has 0 aromatic carbocycles. The van der Waals surface area contributed by atoms with Gasteiger partial charge in [-0.25, -0.2) is 4.99 Å². The highest BCUT2D eigenvalue weighted by Crippen LogP contribution is 2.30. The second-order valence-corrected chi connectivity index (χ2v) is 4.61. The number of ether oxygens (including phenoxy) is 1. The van der Waals surface area contributed by atoms with Crippen LogP contribution in [0.25, 0.3) is 0 Å². The maximum atomic E-state index is 5.50. The maximum Gasteiger partial charge on any atom is 0.237 e. The summed E-state index contributed by atoms with van der Waals surface area (Å²) in [6.45, 7) is 8.15. The summed E-state index contributed by atoms with van der Waals surface area (Å²) in [4.78, 5) is 4.43. The monoisotopic (exact) mass is 206 g/mol. The summed E-state index contributed by atoms with van der Waals surface area (Å²) in [6, 6.07) is 0. The number of nitrogens with one attached hydrogen (secondary N) is 1. The number of nitrogens with zero attached hydrogens (tertiary/aromatic N) is 1. The second kappa shape index (κ2) is 3.72. The lowest BCUT2D eigenvalue weighted by Crippen LogP contribution is -2.25. The van der Waals surface area contributed by atoms with Crippen LogP contribution < -0.4 is 5.32 Å². The van der Waals surface area contributed by atoms with Gasteiger partial charge in [0.25, 0.3) is 0 Å². The molecule has 0 radical (unpaired) electrons. The fraction of sp³-hybridized carbons (Fsp3) is 0.583. The van der Waals surface area contributed by atoms with Crippen LogP contribution in [0.1, 0.15) is 20.8 Å². The molecule has 82 valence electrons. The van der Waals surface area contributed by atoms with Crippen LogP contribution in [-0.4, -0.2) is 19.4 Å². The van der Waals surface area contributed by atoms with E-state index in [2.05, 4.69) is 43.2 Å². The maximum absolute atomic E-state index is 5.50. The van der Waals surface area contributed by atoms with Crippen LogP contribution in [0.2, 0.25) is 0 Å². The first kappa shape index (κ1) is 10.3. The van der Waals surface area contributed by atoms with Crippen LogP contribution in [-0.2, 0) is 4.74 Å². The highest BCUT2D eigenvalue weighted by molar-refractivity contribution is 5.71. The molecule has 1 unspecified atom stereocenters. The van der Waals surface area contributed by atoms with Gasteiger partial charge in [0.05, 0.1) is 5.70 Å². The van der Waals surface area contributed by atoms with Crippen LogP contribution in [0.4, 0.5) is 0 Å². The van der Waals surface area contributed by atoms with E-state index in [1.54, 1.807) is 0 Å². The van der Waals surface area contributed by atoms with Crippen molar-refractivity contribution >= 4 is 6.21 Å². The lowest BCUT2D eigenvalue weighted by Gasteiger charge is -2.24. The molecule has 2 aliphatic rings. The first-order chi connectivity index (χ1) is 7.12. The van der Waals surface area contributed by atoms with E-state index in [1.807, 2.05) is 6.21 Å². The Kier molecular flexibility index (Phi) is 2.55. The van der Waals surface area contributed by atoms with E-state index in [0.29, 0.717) is 12.5 Å². The first-order valence-corrected chi connectivity index (χ1v) is 5.47. The summed E-state index contributed by atoms with van der Waals surface area (Å²) >= 11 is 0. The standard InChI is InChI=1S/C12H18N2O/c1-9(2)12(3)5-4-10-11(14-8-12)15-7-6-13-10/h4-5,8-9,13H,6-7H2,1-3H3. The molecule has 0 spiro atoms. The Morgan fingerprint density at radius 2 is 2.33 bits per heavy atom. The molecule has 2 aliphatic heterocycles. The van der Waals surface area contributed by atoms with Crippen molar-refractivity contribution in [2.45, 2.75) is 20.8 Å². The van der Waals surface area contributed by atoms with E-state index in [4.69, 9.17) is 4.74 Å². The summed E-state index contributed by atoms with van der Waals surface area (Å²) in [6.07, 6.45) is 6.27. The van der Waals surface area contributed by atoms with E-state index in [-0.39, 0.29) is 5.41 Å². The summed E-state index contributed by atoms with van der Waals surface area (Å²) in [5.41, 5.74) is 1.02. The molecule has 3 nitrogen and oxygen atoms in total. The van der Waals surface area contributed by atoms with Crippen molar-refractivity contribution in [3.8, 4) is 0 Å². The topological polar surface area (TPSA) is 33.6 Å². The van der Waals surface area contributed by atoms with Crippen molar-refractivity contribution < 1.29 is 4.74 Å². The lowest BCUT2D eigenvalue weighted by molar-refractivity contribution is 0.192. The van der Waals surface area contributed by atoms with Crippen LogP contribution >= 0.6 is 0 Å². The highest BCUT2D eigenvalue weighted by Gasteiger charge is 2.26. The number of allylic oxidation sites excluding steroid dienone is 2. The molecule has 0 saturated heterocycles. The molecule has 0 aliphatic carbocycles. The Morgan fingerprint density at radius 3 is 3.07 bits per heavy atom. The molecule has 0 bridgehead atoms. The molecule has 0 aromatic heterocycles. The first-order valence-electron chi connectivity index (χ1n) is 5.47. The van der Waals surface area contributed by atoms with Gasteiger partial charge in [0, 0.05) is 18.2 Å². The van der Waals surface area contributed by atoms with Gasteiger partial charge < -0.3 is 10.1 Å². The third-order valence-electron chi connectivity index (χ3n) is 3.20. The Hall–Kier alpha value is -1.25. The molecule has 1 atom stereocenters. The van der Waals surface area contributed by atoms with Crippen molar-refractivity contribution in [2.75, 3.05) is 13.2 Å². The van der Waals surface area contributed by atoms with Crippen molar-refractivity contribution in [3.05, 3.63) is 23.7 Å². The molecule has 2 rings (SSSR count). The average molecular weight is 206 g/mol. The van der Waals surface area contributed by atoms with Crippen LogP contribution in [0, 0.1) is 11.3 Å². The van der Waals surface area contributed by atoms with Gasteiger partial charge in [-0.05, 0) is 12.0 Å². The third kappa shape index (κ3) is 1.91. The minimum Gasteiger partial charge on any atom is -0.474 e. The summed E-state index contributed by atoms with van der Waals surface area (Å²) in [5.74, 6) is 1.25. The van der Waals surface area contributed by atoms with Gasteiger partial charge in [0.15, 0.2) is 0 Å². The predicted octanol–water partition coefficient (Wildman–Crippen LogP) is 2.08. The predicted molar refractivity (Wildman–Crippen MR) is 61.6 cm³/mol. The minimum atomic E-state index is 0.0162. The third-order valence-corrected chi connectivity index (χ3v) is 3.20. The van der Waals surface area contributed by atoms with Crippen molar-refractivity contribution in [3.63, 3.8) is 0 Å². The molecule has 0 aromatic rings. The Bertz CT molecular complexity index is 314. The van der Waals surface area contributed by atoms with Crippen LogP contribution in [0.3, 0.4) is 0 Å². The van der Waals surface area contributed by atoms with Gasteiger partial charge in [-0.1, -0.05) is 26.8 Å². The smallest absolute Gasteiger partial charge is 0.237 e. The van der Waals surface area contributed by atoms with Gasteiger partial charge in [-0.2, -0.15) is 0 Å². The second-order valence-electron chi connectivity index (χ2n) is 4.61. The molecular formula is C12H18N2O. The van der Waals surface area contributed by atoms with Crippen molar-refractivity contribution in [2.24, 2.45) is 16.3 Å². The van der Waals surface area contributed by atoms with Crippen molar-refractivity contribution in [1.82, 2.24) is 5.32 Å².